The van der Waals surface area contributed by atoms with Crippen LogP contribution in [-0.2, 0) is 4.79 Å². The first kappa shape index (κ1) is 15.1. The van der Waals surface area contributed by atoms with E-state index in [0.29, 0.717) is 13.2 Å². The number of benzene rings is 1. The molecule has 126 valence electrons. The van der Waals surface area contributed by atoms with Crippen molar-refractivity contribution in [1.82, 2.24) is 14.5 Å². The molecule has 0 aliphatic carbocycles. The molecule has 0 radical (unpaired) electrons. The van der Waals surface area contributed by atoms with Crippen LogP contribution in [0, 0.1) is 0 Å². The van der Waals surface area contributed by atoms with E-state index < -0.39 is 0 Å². The fourth-order valence-corrected chi connectivity index (χ4v) is 3.51. The van der Waals surface area contributed by atoms with Crippen molar-refractivity contribution in [2.24, 2.45) is 0 Å². The highest BCUT2D eigenvalue weighted by Gasteiger charge is 2.33. The minimum absolute atomic E-state index is 0.0966. The molecule has 2 aliphatic rings. The summed E-state index contributed by atoms with van der Waals surface area (Å²) in [7, 11) is 0. The van der Waals surface area contributed by atoms with Gasteiger partial charge in [0, 0.05) is 18.9 Å². The summed E-state index contributed by atoms with van der Waals surface area (Å²) in [5.74, 6) is 1.69. The van der Waals surface area contributed by atoms with Crippen molar-refractivity contribution >= 4 is 5.91 Å². The molecular formula is C18H21N3O3. The normalized spacial score (nSPS) is 20.9. The summed E-state index contributed by atoms with van der Waals surface area (Å²) in [6, 6.07) is 5.87. The Hall–Kier alpha value is -2.50. The van der Waals surface area contributed by atoms with E-state index in [-0.39, 0.29) is 18.0 Å². The Morgan fingerprint density at radius 2 is 2.12 bits per heavy atom. The van der Waals surface area contributed by atoms with Crippen molar-refractivity contribution in [2.45, 2.75) is 31.8 Å². The number of carbonyl (C=O) groups is 1. The topological polar surface area (TPSA) is 56.6 Å². The summed E-state index contributed by atoms with van der Waals surface area (Å²) in [6.45, 7) is 3.87. The molecular weight excluding hydrogens is 306 g/mol. The molecule has 0 bridgehead atoms. The first-order valence-corrected chi connectivity index (χ1v) is 8.41. The molecule has 0 N–H and O–H groups in total. The van der Waals surface area contributed by atoms with Gasteiger partial charge in [0.2, 0.25) is 5.91 Å². The molecule has 2 aromatic rings. The monoisotopic (exact) mass is 327 g/mol. The lowest BCUT2D eigenvalue weighted by Crippen LogP contribution is -2.35. The van der Waals surface area contributed by atoms with Crippen LogP contribution in [0.3, 0.4) is 0 Å². The number of likely N-dealkylation sites (tertiary alicyclic amines) is 1. The molecule has 1 amide bonds. The van der Waals surface area contributed by atoms with Crippen LogP contribution in [0.4, 0.5) is 0 Å². The van der Waals surface area contributed by atoms with Gasteiger partial charge in [0.05, 0.1) is 12.4 Å². The molecule has 0 unspecified atom stereocenters. The molecule has 1 fully saturated rings. The van der Waals surface area contributed by atoms with E-state index >= 15 is 0 Å². The standard InChI is InChI=1S/C18H21N3O3/c1-13(20-8-6-19-12-20)18(22)21-7-2-3-15(21)14-4-5-16-17(11-14)24-10-9-23-16/h4-6,8,11-13,15H,2-3,7,9-10H2,1H3/t13-,15-/m0/s1. The summed E-state index contributed by atoms with van der Waals surface area (Å²) in [6.07, 6.45) is 7.21. The second kappa shape index (κ2) is 6.19. The van der Waals surface area contributed by atoms with Crippen molar-refractivity contribution in [3.8, 4) is 11.5 Å². The van der Waals surface area contributed by atoms with E-state index in [1.807, 2.05) is 40.8 Å². The number of imidazole rings is 1. The molecule has 2 aliphatic heterocycles. The zero-order valence-corrected chi connectivity index (χ0v) is 13.7. The fraction of sp³-hybridized carbons (Fsp3) is 0.444. The summed E-state index contributed by atoms with van der Waals surface area (Å²) < 4.78 is 13.1. The molecule has 3 heterocycles. The van der Waals surface area contributed by atoms with Crippen molar-refractivity contribution in [3.05, 3.63) is 42.5 Å². The Morgan fingerprint density at radius 1 is 1.29 bits per heavy atom. The Morgan fingerprint density at radius 3 is 2.92 bits per heavy atom. The van der Waals surface area contributed by atoms with Gasteiger partial charge in [-0.15, -0.1) is 0 Å². The van der Waals surface area contributed by atoms with Gasteiger partial charge in [0.15, 0.2) is 11.5 Å². The molecule has 0 spiro atoms. The first-order valence-electron chi connectivity index (χ1n) is 8.41. The molecule has 1 aromatic heterocycles. The SMILES string of the molecule is C[C@@H](C(=O)N1CCC[C@H]1c1ccc2c(c1)OCCO2)n1ccnc1. The van der Waals surface area contributed by atoms with Gasteiger partial charge in [-0.25, -0.2) is 4.98 Å². The van der Waals surface area contributed by atoms with E-state index in [0.717, 1.165) is 36.4 Å². The summed E-state index contributed by atoms with van der Waals surface area (Å²) >= 11 is 0. The van der Waals surface area contributed by atoms with Crippen molar-refractivity contribution < 1.29 is 14.3 Å². The van der Waals surface area contributed by atoms with E-state index in [1.165, 1.54) is 0 Å². The van der Waals surface area contributed by atoms with Crippen LogP contribution in [-0.4, -0.2) is 40.1 Å². The smallest absolute Gasteiger partial charge is 0.245 e. The summed E-state index contributed by atoms with van der Waals surface area (Å²) in [5, 5.41) is 0. The van der Waals surface area contributed by atoms with Gasteiger partial charge in [-0.2, -0.15) is 0 Å². The largest absolute Gasteiger partial charge is 0.486 e. The number of amides is 1. The maximum atomic E-state index is 12.9. The molecule has 4 rings (SSSR count). The Labute approximate surface area is 141 Å². The van der Waals surface area contributed by atoms with Crippen LogP contribution in [0.2, 0.25) is 0 Å². The lowest BCUT2D eigenvalue weighted by molar-refractivity contribution is -0.135. The van der Waals surface area contributed by atoms with Gasteiger partial charge in [0.25, 0.3) is 0 Å². The van der Waals surface area contributed by atoms with Crippen LogP contribution in [0.25, 0.3) is 0 Å². The van der Waals surface area contributed by atoms with E-state index in [9.17, 15) is 4.79 Å². The minimum Gasteiger partial charge on any atom is -0.486 e. The molecule has 6 heteroatoms. The van der Waals surface area contributed by atoms with E-state index in [2.05, 4.69) is 4.98 Å². The average Bonchev–Trinajstić information content (AvgIpc) is 3.31. The highest BCUT2D eigenvalue weighted by Crippen LogP contribution is 2.38. The third-order valence-corrected chi connectivity index (χ3v) is 4.82. The van der Waals surface area contributed by atoms with Gasteiger partial charge in [-0.05, 0) is 37.5 Å². The van der Waals surface area contributed by atoms with Gasteiger partial charge in [-0.3, -0.25) is 4.79 Å². The highest BCUT2D eigenvalue weighted by molar-refractivity contribution is 5.81. The number of aromatic nitrogens is 2. The first-order chi connectivity index (χ1) is 11.7. The predicted molar refractivity (Wildman–Crippen MR) is 88.1 cm³/mol. The predicted octanol–water partition coefficient (Wildman–Crippen LogP) is 2.58. The quantitative estimate of drug-likeness (QED) is 0.869. The van der Waals surface area contributed by atoms with Crippen LogP contribution >= 0.6 is 0 Å². The number of nitrogens with zero attached hydrogens (tertiary/aromatic N) is 3. The number of hydrogen-bond donors (Lipinski definition) is 0. The molecule has 2 atom stereocenters. The zero-order chi connectivity index (χ0) is 16.5. The lowest BCUT2D eigenvalue weighted by Gasteiger charge is -2.29. The van der Waals surface area contributed by atoms with Crippen molar-refractivity contribution in [3.63, 3.8) is 0 Å². The third kappa shape index (κ3) is 2.62. The Kier molecular flexibility index (Phi) is 3.88. The highest BCUT2D eigenvalue weighted by atomic mass is 16.6. The van der Waals surface area contributed by atoms with Gasteiger partial charge < -0.3 is 18.9 Å². The maximum Gasteiger partial charge on any atom is 0.245 e. The van der Waals surface area contributed by atoms with Crippen molar-refractivity contribution in [1.29, 1.82) is 0 Å². The van der Waals surface area contributed by atoms with E-state index in [4.69, 9.17) is 9.47 Å². The Bertz CT molecular complexity index is 729. The lowest BCUT2D eigenvalue weighted by atomic mass is 10.0. The minimum atomic E-state index is -0.245. The number of fused-ring (bicyclic) bond motifs is 1. The van der Waals surface area contributed by atoms with Crippen molar-refractivity contribution in [2.75, 3.05) is 19.8 Å². The third-order valence-electron chi connectivity index (χ3n) is 4.82. The van der Waals surface area contributed by atoms with Crippen LogP contribution < -0.4 is 9.47 Å². The number of hydrogen-bond acceptors (Lipinski definition) is 4. The van der Waals surface area contributed by atoms with E-state index in [1.54, 1.807) is 12.5 Å². The Balaban J connectivity index is 1.57. The summed E-state index contributed by atoms with van der Waals surface area (Å²) in [4.78, 5) is 19.0. The molecule has 1 aromatic carbocycles. The number of ether oxygens (including phenoxy) is 2. The fourth-order valence-electron chi connectivity index (χ4n) is 3.51. The maximum absolute atomic E-state index is 12.9. The molecule has 6 nitrogen and oxygen atoms in total. The van der Waals surface area contributed by atoms with Gasteiger partial charge >= 0.3 is 0 Å². The summed E-state index contributed by atoms with van der Waals surface area (Å²) in [5.41, 5.74) is 1.11. The van der Waals surface area contributed by atoms with Crippen LogP contribution in [0.5, 0.6) is 11.5 Å². The van der Waals surface area contributed by atoms with Crippen LogP contribution in [0.15, 0.2) is 36.9 Å². The molecule has 0 saturated carbocycles. The second-order valence-electron chi connectivity index (χ2n) is 6.28. The van der Waals surface area contributed by atoms with Gasteiger partial charge in [-0.1, -0.05) is 6.07 Å². The average molecular weight is 327 g/mol. The molecule has 24 heavy (non-hydrogen) atoms. The number of carbonyl (C=O) groups excluding carboxylic acids is 1. The second-order valence-corrected chi connectivity index (χ2v) is 6.28. The zero-order valence-electron chi connectivity index (χ0n) is 13.7. The van der Waals surface area contributed by atoms with Gasteiger partial charge in [0.1, 0.15) is 19.3 Å². The van der Waals surface area contributed by atoms with Crippen LogP contribution in [0.1, 0.15) is 37.4 Å². The molecule has 1 saturated heterocycles. The number of rotatable bonds is 3.